The first-order valence-corrected chi connectivity index (χ1v) is 7.97. The van der Waals surface area contributed by atoms with Gasteiger partial charge in [-0.2, -0.15) is 5.10 Å². The van der Waals surface area contributed by atoms with Gasteiger partial charge in [0.2, 0.25) is 0 Å². The summed E-state index contributed by atoms with van der Waals surface area (Å²) in [5.41, 5.74) is 3.68. The van der Waals surface area contributed by atoms with E-state index in [1.807, 2.05) is 13.8 Å². The van der Waals surface area contributed by atoms with Gasteiger partial charge in [-0.25, -0.2) is 18.8 Å². The van der Waals surface area contributed by atoms with Gasteiger partial charge in [0.15, 0.2) is 12.2 Å². The van der Waals surface area contributed by atoms with Crippen LogP contribution in [0.5, 0.6) is 0 Å². The van der Waals surface area contributed by atoms with Gasteiger partial charge in [0.1, 0.15) is 23.2 Å². The van der Waals surface area contributed by atoms with Gasteiger partial charge in [0.25, 0.3) is 0 Å². The van der Waals surface area contributed by atoms with E-state index in [-0.39, 0.29) is 17.2 Å². The van der Waals surface area contributed by atoms with Gasteiger partial charge in [-0.05, 0) is 31.2 Å². The van der Waals surface area contributed by atoms with Crippen molar-refractivity contribution in [2.45, 2.75) is 20.8 Å². The van der Waals surface area contributed by atoms with Crippen LogP contribution in [0, 0.1) is 17.6 Å². The number of hydrazone groups is 1. The van der Waals surface area contributed by atoms with Crippen molar-refractivity contribution in [3.63, 3.8) is 0 Å². The minimum absolute atomic E-state index is 0.0308. The zero-order valence-electron chi connectivity index (χ0n) is 14.8. The van der Waals surface area contributed by atoms with Gasteiger partial charge in [-0.1, -0.05) is 20.4 Å². The molecule has 0 fully saturated rings. The topological polar surface area (TPSA) is 62.8 Å². The number of nitrogens with one attached hydrogen (secondary N) is 1. The SMILES string of the molecule is C=C/C=N/NC(=N/C=C(\C)c1ocnc1-c1cc(F)ccc1F)C(C)C. The van der Waals surface area contributed by atoms with Crippen molar-refractivity contribution < 1.29 is 13.2 Å². The number of oxazole rings is 1. The van der Waals surface area contributed by atoms with Gasteiger partial charge in [-0.3, -0.25) is 5.43 Å². The first-order valence-electron chi connectivity index (χ1n) is 7.97. The van der Waals surface area contributed by atoms with Gasteiger partial charge in [0.05, 0.1) is 0 Å². The van der Waals surface area contributed by atoms with E-state index in [4.69, 9.17) is 4.42 Å². The van der Waals surface area contributed by atoms with E-state index in [9.17, 15) is 8.78 Å². The molecule has 1 aromatic heterocycles. The molecule has 7 heteroatoms. The molecule has 0 saturated carbocycles. The summed E-state index contributed by atoms with van der Waals surface area (Å²) in [6, 6.07) is 3.19. The molecule has 136 valence electrons. The molecule has 0 atom stereocenters. The number of benzene rings is 1. The molecule has 2 rings (SSSR count). The Bertz CT molecular complexity index is 866. The maximum Gasteiger partial charge on any atom is 0.182 e. The molecule has 0 unspecified atom stereocenters. The fourth-order valence-corrected chi connectivity index (χ4v) is 2.08. The van der Waals surface area contributed by atoms with Gasteiger partial charge in [-0.15, -0.1) is 0 Å². The predicted octanol–water partition coefficient (Wildman–Crippen LogP) is 4.80. The minimum Gasteiger partial charge on any atom is -0.443 e. The number of nitrogens with zero attached hydrogens (tertiary/aromatic N) is 3. The van der Waals surface area contributed by atoms with Crippen LogP contribution in [-0.2, 0) is 0 Å². The number of halogens is 2. The van der Waals surface area contributed by atoms with E-state index in [0.29, 0.717) is 17.2 Å². The van der Waals surface area contributed by atoms with Crippen LogP contribution in [-0.4, -0.2) is 17.0 Å². The van der Waals surface area contributed by atoms with E-state index in [1.165, 1.54) is 12.6 Å². The van der Waals surface area contributed by atoms with Crippen LogP contribution >= 0.6 is 0 Å². The second-order valence-electron chi connectivity index (χ2n) is 5.76. The van der Waals surface area contributed by atoms with Crippen molar-refractivity contribution in [3.05, 3.63) is 60.8 Å². The Hall–Kier alpha value is -3.09. The first-order chi connectivity index (χ1) is 12.4. The Morgan fingerprint density at radius 2 is 2.12 bits per heavy atom. The molecule has 0 bridgehead atoms. The maximum absolute atomic E-state index is 14.0. The molecule has 0 amide bonds. The van der Waals surface area contributed by atoms with Crippen molar-refractivity contribution in [1.29, 1.82) is 0 Å². The van der Waals surface area contributed by atoms with E-state index in [1.54, 1.807) is 19.2 Å². The van der Waals surface area contributed by atoms with E-state index >= 15 is 0 Å². The number of allylic oxidation sites excluding steroid dienone is 2. The number of hydrogen-bond acceptors (Lipinski definition) is 4. The summed E-state index contributed by atoms with van der Waals surface area (Å²) in [5.74, 6) is -0.102. The first kappa shape index (κ1) is 19.2. The third-order valence-electron chi connectivity index (χ3n) is 3.41. The molecule has 0 spiro atoms. The summed E-state index contributed by atoms with van der Waals surface area (Å²) in [6.45, 7) is 9.21. The minimum atomic E-state index is -0.582. The molecule has 1 aromatic carbocycles. The average molecular weight is 358 g/mol. The van der Waals surface area contributed by atoms with E-state index in [0.717, 1.165) is 18.2 Å². The summed E-state index contributed by atoms with van der Waals surface area (Å²) in [6.07, 6.45) is 5.80. The number of aliphatic imine (C=N–C) groups is 1. The lowest BCUT2D eigenvalue weighted by molar-refractivity contribution is 0.544. The summed E-state index contributed by atoms with van der Waals surface area (Å²) in [7, 11) is 0. The smallest absolute Gasteiger partial charge is 0.182 e. The average Bonchev–Trinajstić information content (AvgIpc) is 3.09. The molecular formula is C19H20F2N4O. The molecule has 1 N–H and O–H groups in total. The number of amidine groups is 1. The van der Waals surface area contributed by atoms with Crippen LogP contribution < -0.4 is 5.43 Å². The Labute approximate surface area is 150 Å². The normalized spacial score (nSPS) is 12.8. The standard InChI is InChI=1S/C19H20F2N4O/c1-5-8-24-25-19(12(2)3)22-10-13(4)18-17(23-11-26-18)15-9-14(20)6-7-16(15)21/h5-12H,1H2,2-4H3,(H,22,25)/b13-10+,24-8+. The molecule has 26 heavy (non-hydrogen) atoms. The van der Waals surface area contributed by atoms with Crippen LogP contribution in [0.25, 0.3) is 16.8 Å². The third kappa shape index (κ3) is 4.72. The van der Waals surface area contributed by atoms with Crippen LogP contribution in [0.3, 0.4) is 0 Å². The summed E-state index contributed by atoms with van der Waals surface area (Å²) in [5, 5.41) is 3.96. The van der Waals surface area contributed by atoms with Crippen molar-refractivity contribution in [1.82, 2.24) is 10.4 Å². The summed E-state index contributed by atoms with van der Waals surface area (Å²) >= 11 is 0. The largest absolute Gasteiger partial charge is 0.443 e. The highest BCUT2D eigenvalue weighted by molar-refractivity contribution is 5.86. The van der Waals surface area contributed by atoms with Crippen LogP contribution in [0.15, 0.2) is 58.0 Å². The summed E-state index contributed by atoms with van der Waals surface area (Å²) in [4.78, 5) is 8.39. The lowest BCUT2D eigenvalue weighted by Crippen LogP contribution is -2.23. The van der Waals surface area contributed by atoms with Gasteiger partial charge >= 0.3 is 0 Å². The Kier molecular flexibility index (Phi) is 6.54. The van der Waals surface area contributed by atoms with Crippen molar-refractivity contribution >= 4 is 17.6 Å². The third-order valence-corrected chi connectivity index (χ3v) is 3.41. The Balaban J connectivity index is 2.37. The lowest BCUT2D eigenvalue weighted by atomic mass is 10.1. The maximum atomic E-state index is 14.0. The zero-order valence-corrected chi connectivity index (χ0v) is 14.8. The Morgan fingerprint density at radius 1 is 1.35 bits per heavy atom. The lowest BCUT2D eigenvalue weighted by Gasteiger charge is -2.08. The van der Waals surface area contributed by atoms with Crippen molar-refractivity contribution in [2.75, 3.05) is 0 Å². The van der Waals surface area contributed by atoms with Crippen LogP contribution in [0.4, 0.5) is 8.78 Å². The zero-order chi connectivity index (χ0) is 19.1. The highest BCUT2D eigenvalue weighted by atomic mass is 19.1. The predicted molar refractivity (Wildman–Crippen MR) is 99.6 cm³/mol. The quantitative estimate of drug-likeness (QED) is 0.458. The molecule has 5 nitrogen and oxygen atoms in total. The molecule has 1 heterocycles. The molecule has 2 aromatic rings. The van der Waals surface area contributed by atoms with Crippen LogP contribution in [0.2, 0.25) is 0 Å². The molecule has 0 aliphatic rings. The number of aromatic nitrogens is 1. The van der Waals surface area contributed by atoms with Gasteiger partial charge < -0.3 is 4.42 Å². The molecule has 0 aliphatic heterocycles. The highest BCUT2D eigenvalue weighted by Crippen LogP contribution is 2.30. The molecule has 0 radical (unpaired) electrons. The van der Waals surface area contributed by atoms with Crippen molar-refractivity contribution in [3.8, 4) is 11.3 Å². The monoisotopic (exact) mass is 358 g/mol. The number of rotatable bonds is 6. The van der Waals surface area contributed by atoms with E-state index in [2.05, 4.69) is 27.1 Å². The fraction of sp³-hybridized carbons (Fsp3) is 0.211. The second kappa shape index (κ2) is 8.84. The number of hydrogen-bond donors (Lipinski definition) is 1. The Morgan fingerprint density at radius 3 is 2.81 bits per heavy atom. The molecule has 0 saturated heterocycles. The molecular weight excluding hydrogens is 338 g/mol. The molecule has 0 aliphatic carbocycles. The summed E-state index contributed by atoms with van der Waals surface area (Å²) < 4.78 is 32.9. The van der Waals surface area contributed by atoms with E-state index < -0.39 is 11.6 Å². The second-order valence-corrected chi connectivity index (χ2v) is 5.76. The van der Waals surface area contributed by atoms with Crippen molar-refractivity contribution in [2.24, 2.45) is 16.0 Å². The fourth-order valence-electron chi connectivity index (χ4n) is 2.08. The highest BCUT2D eigenvalue weighted by Gasteiger charge is 2.17. The van der Waals surface area contributed by atoms with Gasteiger partial charge in [0, 0.05) is 29.5 Å². The van der Waals surface area contributed by atoms with Crippen LogP contribution in [0.1, 0.15) is 26.5 Å².